The van der Waals surface area contributed by atoms with Gasteiger partial charge in [0.05, 0.1) is 17.7 Å². The number of rotatable bonds is 7. The van der Waals surface area contributed by atoms with Crippen molar-refractivity contribution in [1.82, 2.24) is 15.1 Å². The topological polar surface area (TPSA) is 96.0 Å². The van der Waals surface area contributed by atoms with Gasteiger partial charge < -0.3 is 15.0 Å². The number of amides is 4. The second kappa shape index (κ2) is 8.97. The molecule has 8 heteroatoms. The summed E-state index contributed by atoms with van der Waals surface area (Å²) < 4.78 is 4.89. The lowest BCUT2D eigenvalue weighted by Crippen LogP contribution is -2.47. The Morgan fingerprint density at radius 1 is 1.07 bits per heavy atom. The van der Waals surface area contributed by atoms with E-state index in [1.54, 1.807) is 36.3 Å². The molecular formula is C20H25N3O5. The molecule has 1 N–H and O–H groups in total. The molecule has 1 aromatic carbocycles. The van der Waals surface area contributed by atoms with Gasteiger partial charge in [-0.2, -0.15) is 0 Å². The zero-order valence-corrected chi connectivity index (χ0v) is 16.0. The van der Waals surface area contributed by atoms with E-state index >= 15 is 0 Å². The van der Waals surface area contributed by atoms with Gasteiger partial charge in [-0.25, -0.2) is 0 Å². The monoisotopic (exact) mass is 387 g/mol. The summed E-state index contributed by atoms with van der Waals surface area (Å²) in [5, 5.41) is 2.96. The number of imide groups is 1. The Balaban J connectivity index is 1.44. The van der Waals surface area contributed by atoms with Gasteiger partial charge in [0.25, 0.3) is 11.8 Å². The molecule has 1 saturated heterocycles. The predicted molar refractivity (Wildman–Crippen MR) is 101 cm³/mol. The first-order chi connectivity index (χ1) is 13.5. The van der Waals surface area contributed by atoms with Crippen molar-refractivity contribution in [2.24, 2.45) is 0 Å². The molecule has 4 amide bonds. The van der Waals surface area contributed by atoms with Crippen molar-refractivity contribution in [3.05, 3.63) is 35.4 Å². The third kappa shape index (κ3) is 4.39. The van der Waals surface area contributed by atoms with Crippen molar-refractivity contribution in [2.75, 3.05) is 33.4 Å². The smallest absolute Gasteiger partial charge is 0.261 e. The van der Waals surface area contributed by atoms with Gasteiger partial charge in [0.2, 0.25) is 11.8 Å². The molecule has 1 aromatic rings. The molecule has 28 heavy (non-hydrogen) atoms. The molecule has 0 aromatic heterocycles. The van der Waals surface area contributed by atoms with Gasteiger partial charge in [0.1, 0.15) is 0 Å². The van der Waals surface area contributed by atoms with E-state index in [4.69, 9.17) is 4.74 Å². The Bertz CT molecular complexity index is 736. The zero-order chi connectivity index (χ0) is 20.1. The van der Waals surface area contributed by atoms with Gasteiger partial charge in [0, 0.05) is 45.6 Å². The summed E-state index contributed by atoms with van der Waals surface area (Å²) in [4.78, 5) is 51.8. The Hall–Kier alpha value is -2.74. The number of benzene rings is 1. The average Bonchev–Trinajstić information content (AvgIpc) is 2.95. The van der Waals surface area contributed by atoms with Crippen LogP contribution < -0.4 is 5.32 Å². The molecule has 0 radical (unpaired) electrons. The Morgan fingerprint density at radius 3 is 2.25 bits per heavy atom. The fraction of sp³-hybridized carbons (Fsp3) is 0.500. The van der Waals surface area contributed by atoms with Gasteiger partial charge in [-0.1, -0.05) is 12.1 Å². The van der Waals surface area contributed by atoms with E-state index < -0.39 is 0 Å². The highest BCUT2D eigenvalue weighted by molar-refractivity contribution is 6.21. The maximum atomic E-state index is 12.5. The van der Waals surface area contributed by atoms with Crippen molar-refractivity contribution in [1.29, 1.82) is 0 Å². The normalized spacial score (nSPS) is 17.0. The van der Waals surface area contributed by atoms with Crippen LogP contribution in [-0.2, 0) is 14.3 Å². The van der Waals surface area contributed by atoms with Crippen LogP contribution >= 0.6 is 0 Å². The molecule has 8 nitrogen and oxygen atoms in total. The molecule has 1 fully saturated rings. The quantitative estimate of drug-likeness (QED) is 0.699. The highest BCUT2D eigenvalue weighted by Gasteiger charge is 2.35. The minimum absolute atomic E-state index is 0.0442. The van der Waals surface area contributed by atoms with Gasteiger partial charge in [0.15, 0.2) is 0 Å². The minimum atomic E-state index is -0.342. The molecule has 0 atom stereocenters. The number of carbonyl (C=O) groups is 4. The number of methoxy groups -OCH3 is 1. The van der Waals surface area contributed by atoms with Crippen LogP contribution in [0.4, 0.5) is 0 Å². The predicted octanol–water partition coefficient (Wildman–Crippen LogP) is 0.816. The number of piperidine rings is 1. The fourth-order valence-electron chi connectivity index (χ4n) is 3.58. The Labute approximate surface area is 163 Å². The van der Waals surface area contributed by atoms with Crippen LogP contribution in [-0.4, -0.2) is 72.8 Å². The van der Waals surface area contributed by atoms with Crippen LogP contribution in [0.2, 0.25) is 0 Å². The third-order valence-electron chi connectivity index (χ3n) is 5.17. The van der Waals surface area contributed by atoms with Gasteiger partial charge in [-0.05, 0) is 25.0 Å². The number of nitrogens with zero attached hydrogens (tertiary/aromatic N) is 2. The summed E-state index contributed by atoms with van der Waals surface area (Å²) in [6, 6.07) is 6.75. The van der Waals surface area contributed by atoms with Crippen molar-refractivity contribution < 1.29 is 23.9 Å². The van der Waals surface area contributed by atoms with E-state index in [0.29, 0.717) is 50.1 Å². The molecule has 0 saturated carbocycles. The summed E-state index contributed by atoms with van der Waals surface area (Å²) in [6.45, 7) is 1.58. The number of ether oxygens (including phenoxy) is 1. The van der Waals surface area contributed by atoms with Crippen LogP contribution in [0, 0.1) is 0 Å². The molecule has 0 aliphatic carbocycles. The number of hydrogen-bond donors (Lipinski definition) is 1. The van der Waals surface area contributed by atoms with Gasteiger partial charge in [-0.15, -0.1) is 0 Å². The van der Waals surface area contributed by atoms with Crippen molar-refractivity contribution in [3.63, 3.8) is 0 Å². The molecular weight excluding hydrogens is 362 g/mol. The van der Waals surface area contributed by atoms with E-state index in [1.807, 2.05) is 0 Å². The van der Waals surface area contributed by atoms with Crippen LogP contribution in [0.15, 0.2) is 24.3 Å². The van der Waals surface area contributed by atoms with Crippen molar-refractivity contribution in [2.45, 2.75) is 31.7 Å². The van der Waals surface area contributed by atoms with E-state index in [9.17, 15) is 19.2 Å². The summed E-state index contributed by atoms with van der Waals surface area (Å²) in [6.07, 6.45) is 1.82. The summed E-state index contributed by atoms with van der Waals surface area (Å²) in [5.41, 5.74) is 0.787. The van der Waals surface area contributed by atoms with Crippen LogP contribution in [0.3, 0.4) is 0 Å². The molecule has 0 unspecified atom stereocenters. The number of fused-ring (bicyclic) bond motifs is 1. The van der Waals surface area contributed by atoms with Crippen LogP contribution in [0.1, 0.15) is 46.4 Å². The summed E-state index contributed by atoms with van der Waals surface area (Å²) in [7, 11) is 1.55. The van der Waals surface area contributed by atoms with Crippen LogP contribution in [0.25, 0.3) is 0 Å². The van der Waals surface area contributed by atoms with Gasteiger partial charge in [-0.3, -0.25) is 24.1 Å². The lowest BCUT2D eigenvalue weighted by Gasteiger charge is -2.32. The number of carbonyl (C=O) groups excluding carboxylic acids is 4. The number of nitrogens with one attached hydrogen (secondary N) is 1. The first-order valence-corrected chi connectivity index (χ1v) is 9.52. The summed E-state index contributed by atoms with van der Waals surface area (Å²) >= 11 is 0. The SMILES string of the molecule is COCCC(=O)NC1CCN(C(=O)CCN2C(=O)c3ccccc3C2=O)CC1. The second-order valence-electron chi connectivity index (χ2n) is 7.02. The van der Waals surface area contributed by atoms with Crippen molar-refractivity contribution in [3.8, 4) is 0 Å². The lowest BCUT2D eigenvalue weighted by atomic mass is 10.0. The standard InChI is InChI=1S/C20H25N3O5/c1-28-13-9-17(24)21-14-6-10-22(11-7-14)18(25)8-12-23-19(26)15-4-2-3-5-16(15)20(23)27/h2-5,14H,6-13H2,1H3,(H,21,24). The lowest BCUT2D eigenvalue weighted by molar-refractivity contribution is -0.132. The zero-order valence-electron chi connectivity index (χ0n) is 16.0. The Morgan fingerprint density at radius 2 is 1.68 bits per heavy atom. The minimum Gasteiger partial charge on any atom is -0.384 e. The molecule has 2 aliphatic heterocycles. The van der Waals surface area contributed by atoms with Crippen LogP contribution in [0.5, 0.6) is 0 Å². The fourth-order valence-corrected chi connectivity index (χ4v) is 3.58. The number of likely N-dealkylation sites (tertiary alicyclic amines) is 1. The van der Waals surface area contributed by atoms with E-state index in [0.717, 1.165) is 4.90 Å². The highest BCUT2D eigenvalue weighted by Crippen LogP contribution is 2.22. The maximum absolute atomic E-state index is 12.5. The first kappa shape index (κ1) is 20.0. The Kier molecular flexibility index (Phi) is 6.41. The molecule has 0 bridgehead atoms. The van der Waals surface area contributed by atoms with E-state index in [-0.39, 0.29) is 42.6 Å². The maximum Gasteiger partial charge on any atom is 0.261 e. The van der Waals surface area contributed by atoms with E-state index in [2.05, 4.69) is 5.32 Å². The summed E-state index contributed by atoms with van der Waals surface area (Å²) in [5.74, 6) is -0.810. The van der Waals surface area contributed by atoms with Gasteiger partial charge >= 0.3 is 0 Å². The molecule has 3 rings (SSSR count). The second-order valence-corrected chi connectivity index (χ2v) is 7.02. The number of hydrogen-bond acceptors (Lipinski definition) is 5. The molecule has 2 aliphatic rings. The molecule has 0 spiro atoms. The highest BCUT2D eigenvalue weighted by atomic mass is 16.5. The van der Waals surface area contributed by atoms with Crippen molar-refractivity contribution >= 4 is 23.6 Å². The molecule has 150 valence electrons. The first-order valence-electron chi connectivity index (χ1n) is 9.52. The van der Waals surface area contributed by atoms with E-state index in [1.165, 1.54) is 0 Å². The average molecular weight is 387 g/mol. The third-order valence-corrected chi connectivity index (χ3v) is 5.17. The molecule has 2 heterocycles. The largest absolute Gasteiger partial charge is 0.384 e.